The van der Waals surface area contributed by atoms with Crippen molar-refractivity contribution in [1.82, 2.24) is 29.4 Å². The Balaban J connectivity index is 1.51. The van der Waals surface area contributed by atoms with E-state index in [0.29, 0.717) is 28.1 Å². The molecule has 0 fully saturated rings. The molecular weight excluding hydrogens is 470 g/mol. The van der Waals surface area contributed by atoms with Gasteiger partial charge in [-0.2, -0.15) is 10.2 Å². The number of amides is 2. The highest BCUT2D eigenvalue weighted by atomic mass is 16.2. The summed E-state index contributed by atoms with van der Waals surface area (Å²) in [6.07, 6.45) is 1.49. The molecule has 5 aromatic rings. The van der Waals surface area contributed by atoms with Crippen molar-refractivity contribution in [3.63, 3.8) is 0 Å². The summed E-state index contributed by atoms with van der Waals surface area (Å²) in [5.74, 6) is -0.562. The number of hydrogen-bond donors (Lipinski definition) is 2. The van der Waals surface area contributed by atoms with Gasteiger partial charge < -0.3 is 10.6 Å². The van der Waals surface area contributed by atoms with E-state index in [1.54, 1.807) is 50.1 Å². The molecule has 0 saturated heterocycles. The molecule has 37 heavy (non-hydrogen) atoms. The largest absolute Gasteiger partial charge is 0.355 e. The molecule has 0 aliphatic heterocycles. The minimum Gasteiger partial charge on any atom is -0.355 e. The molecule has 0 aliphatic rings. The molecule has 186 valence electrons. The summed E-state index contributed by atoms with van der Waals surface area (Å²) in [4.78, 5) is 37.6. The highest BCUT2D eigenvalue weighted by molar-refractivity contribution is 6.13. The molecule has 0 unspecified atom stereocenters. The van der Waals surface area contributed by atoms with Crippen molar-refractivity contribution in [1.29, 1.82) is 0 Å². The van der Waals surface area contributed by atoms with Crippen molar-refractivity contribution in [2.75, 3.05) is 12.4 Å². The normalized spacial score (nSPS) is 11.0. The molecule has 3 aromatic carbocycles. The Morgan fingerprint density at radius 3 is 2.35 bits per heavy atom. The van der Waals surface area contributed by atoms with E-state index >= 15 is 0 Å². The SMILES string of the molecule is CNC(=O)c1cccc(NC(=O)c2c3c(C)c(-c4ccc(-n5cnn(C)c5=O)cc4)ccc3nn2C)c1. The fourth-order valence-corrected chi connectivity index (χ4v) is 4.46. The zero-order chi connectivity index (χ0) is 26.3. The van der Waals surface area contributed by atoms with Crippen LogP contribution in [0.2, 0.25) is 0 Å². The Morgan fingerprint density at radius 2 is 1.68 bits per heavy atom. The number of carbonyl (C=O) groups is 2. The Morgan fingerprint density at radius 1 is 0.919 bits per heavy atom. The minimum atomic E-state index is -0.328. The van der Waals surface area contributed by atoms with Gasteiger partial charge in [0.2, 0.25) is 0 Å². The zero-order valence-corrected chi connectivity index (χ0v) is 20.8. The topological polar surface area (TPSA) is 116 Å². The van der Waals surface area contributed by atoms with Gasteiger partial charge in [-0.25, -0.2) is 14.0 Å². The third-order valence-electron chi connectivity index (χ3n) is 6.37. The molecule has 0 atom stereocenters. The van der Waals surface area contributed by atoms with Gasteiger partial charge >= 0.3 is 5.69 Å². The quantitative estimate of drug-likeness (QED) is 0.389. The van der Waals surface area contributed by atoms with Gasteiger partial charge in [-0.05, 0) is 60.0 Å². The number of nitrogens with zero attached hydrogens (tertiary/aromatic N) is 5. The second-order valence-corrected chi connectivity index (χ2v) is 8.67. The maximum atomic E-state index is 13.4. The lowest BCUT2D eigenvalue weighted by atomic mass is 9.96. The van der Waals surface area contributed by atoms with Crippen LogP contribution in [0.1, 0.15) is 26.4 Å². The van der Waals surface area contributed by atoms with Crippen LogP contribution >= 0.6 is 0 Å². The molecule has 5 rings (SSSR count). The highest BCUT2D eigenvalue weighted by Crippen LogP contribution is 2.32. The molecular formula is C27H25N7O3. The predicted octanol–water partition coefficient (Wildman–Crippen LogP) is 3.05. The van der Waals surface area contributed by atoms with Crippen molar-refractivity contribution < 1.29 is 9.59 Å². The first-order valence-electron chi connectivity index (χ1n) is 11.6. The molecule has 0 saturated carbocycles. The van der Waals surface area contributed by atoms with Crippen LogP contribution < -0.4 is 16.3 Å². The van der Waals surface area contributed by atoms with Crippen molar-refractivity contribution in [3.8, 4) is 16.8 Å². The van der Waals surface area contributed by atoms with Crippen LogP contribution in [-0.2, 0) is 14.1 Å². The lowest BCUT2D eigenvalue weighted by Crippen LogP contribution is -2.21. The number of rotatable bonds is 5. The first-order chi connectivity index (χ1) is 17.8. The standard InChI is InChI=1S/C27H25N7O3/c1-16-21(17-8-10-20(11-9-17)34-15-29-33(4)27(34)37)12-13-22-23(16)24(32(3)31-22)26(36)30-19-7-5-6-18(14-19)25(35)28-2/h5-15H,1-4H3,(H,28,35)(H,30,36). The van der Waals surface area contributed by atoms with Gasteiger partial charge in [0.1, 0.15) is 12.0 Å². The van der Waals surface area contributed by atoms with E-state index in [4.69, 9.17) is 0 Å². The van der Waals surface area contributed by atoms with Crippen LogP contribution in [0.3, 0.4) is 0 Å². The number of nitrogens with one attached hydrogen (secondary N) is 2. The average Bonchev–Trinajstić information content (AvgIpc) is 3.42. The highest BCUT2D eigenvalue weighted by Gasteiger charge is 2.21. The minimum absolute atomic E-state index is 0.225. The molecule has 2 N–H and O–H groups in total. The van der Waals surface area contributed by atoms with E-state index in [1.165, 1.54) is 15.6 Å². The summed E-state index contributed by atoms with van der Waals surface area (Å²) in [5.41, 5.74) is 5.35. The molecule has 0 spiro atoms. The van der Waals surface area contributed by atoms with E-state index in [0.717, 1.165) is 22.1 Å². The Kier molecular flexibility index (Phi) is 5.92. The Labute approximate surface area is 212 Å². The fraction of sp³-hybridized carbons (Fsp3) is 0.148. The van der Waals surface area contributed by atoms with Crippen LogP contribution in [0.15, 0.2) is 71.8 Å². The summed E-state index contributed by atoms with van der Waals surface area (Å²) in [7, 11) is 4.89. The first-order valence-corrected chi connectivity index (χ1v) is 11.6. The lowest BCUT2D eigenvalue weighted by molar-refractivity contribution is 0.0961. The molecule has 2 heterocycles. The summed E-state index contributed by atoms with van der Waals surface area (Å²) in [6.45, 7) is 1.96. The van der Waals surface area contributed by atoms with Crippen LogP contribution in [0.25, 0.3) is 27.7 Å². The molecule has 0 aliphatic carbocycles. The van der Waals surface area contributed by atoms with Gasteiger partial charge in [-0.1, -0.05) is 24.3 Å². The zero-order valence-electron chi connectivity index (χ0n) is 20.8. The summed E-state index contributed by atoms with van der Waals surface area (Å²) >= 11 is 0. The number of hydrogen-bond acceptors (Lipinski definition) is 5. The summed E-state index contributed by atoms with van der Waals surface area (Å²) in [5, 5.41) is 14.8. The number of carbonyl (C=O) groups excluding carboxylic acids is 2. The number of fused-ring (bicyclic) bond motifs is 1. The van der Waals surface area contributed by atoms with E-state index in [9.17, 15) is 14.4 Å². The number of anilines is 1. The second kappa shape index (κ2) is 9.23. The Bertz CT molecular complexity index is 1730. The van der Waals surface area contributed by atoms with Crippen LogP contribution in [-0.4, -0.2) is 43.0 Å². The molecule has 10 nitrogen and oxygen atoms in total. The lowest BCUT2D eigenvalue weighted by Gasteiger charge is -2.11. The van der Waals surface area contributed by atoms with Crippen molar-refractivity contribution >= 4 is 28.4 Å². The van der Waals surface area contributed by atoms with Gasteiger partial charge in [0.15, 0.2) is 0 Å². The fourth-order valence-electron chi connectivity index (χ4n) is 4.46. The van der Waals surface area contributed by atoms with E-state index in [2.05, 4.69) is 20.8 Å². The second-order valence-electron chi connectivity index (χ2n) is 8.67. The van der Waals surface area contributed by atoms with Crippen LogP contribution in [0.5, 0.6) is 0 Å². The monoisotopic (exact) mass is 495 g/mol. The van der Waals surface area contributed by atoms with Gasteiger partial charge in [0.05, 0.1) is 11.2 Å². The summed E-state index contributed by atoms with van der Waals surface area (Å²) in [6, 6.07) is 18.2. The third kappa shape index (κ3) is 4.18. The smallest absolute Gasteiger partial charge is 0.350 e. The van der Waals surface area contributed by atoms with Crippen molar-refractivity contribution in [2.45, 2.75) is 6.92 Å². The van der Waals surface area contributed by atoms with E-state index in [-0.39, 0.29) is 17.5 Å². The Hall–Kier alpha value is -4.99. The predicted molar refractivity (Wildman–Crippen MR) is 141 cm³/mol. The number of aromatic nitrogens is 5. The van der Waals surface area contributed by atoms with E-state index in [1.807, 2.05) is 43.3 Å². The van der Waals surface area contributed by atoms with Crippen molar-refractivity contribution in [3.05, 3.63) is 94.3 Å². The molecule has 2 amide bonds. The maximum Gasteiger partial charge on any atom is 0.350 e. The molecule has 10 heteroatoms. The van der Waals surface area contributed by atoms with Crippen LogP contribution in [0, 0.1) is 6.92 Å². The number of aryl methyl sites for hydroxylation is 3. The van der Waals surface area contributed by atoms with Crippen molar-refractivity contribution in [2.24, 2.45) is 14.1 Å². The molecule has 0 bridgehead atoms. The maximum absolute atomic E-state index is 13.4. The van der Waals surface area contributed by atoms with E-state index < -0.39 is 0 Å². The number of benzene rings is 3. The first kappa shape index (κ1) is 23.7. The average molecular weight is 496 g/mol. The molecule has 0 radical (unpaired) electrons. The van der Waals surface area contributed by atoms with Gasteiger partial charge in [0, 0.05) is 37.8 Å². The third-order valence-corrected chi connectivity index (χ3v) is 6.37. The van der Waals surface area contributed by atoms with Gasteiger partial charge in [-0.15, -0.1) is 0 Å². The van der Waals surface area contributed by atoms with Gasteiger partial charge in [-0.3, -0.25) is 14.3 Å². The van der Waals surface area contributed by atoms with Crippen LogP contribution in [0.4, 0.5) is 5.69 Å². The summed E-state index contributed by atoms with van der Waals surface area (Å²) < 4.78 is 4.32. The van der Waals surface area contributed by atoms with Gasteiger partial charge in [0.25, 0.3) is 11.8 Å². The molecule has 2 aromatic heterocycles.